The van der Waals surface area contributed by atoms with Crippen molar-refractivity contribution < 1.29 is 0 Å². The molecule has 8 heavy (non-hydrogen) atoms. The van der Waals surface area contributed by atoms with Crippen molar-refractivity contribution in [2.45, 2.75) is 0 Å². The molecule has 0 amide bonds. The lowest BCUT2D eigenvalue weighted by Crippen LogP contribution is -2.03. The fraction of sp³-hybridized carbons (Fsp3) is 0.250. The largest absolute Gasteiger partial charge is 0.379 e. The van der Waals surface area contributed by atoms with E-state index in [1.54, 1.807) is 6.08 Å². The van der Waals surface area contributed by atoms with Crippen LogP contribution >= 0.6 is 24.2 Å². The third kappa shape index (κ3) is 9.28. The Balaban J connectivity index is 0. The molecule has 0 spiro atoms. The second-order valence-corrected chi connectivity index (χ2v) is 2.03. The molecule has 48 valence electrons. The van der Waals surface area contributed by atoms with Crippen molar-refractivity contribution in [2.75, 3.05) is 5.75 Å². The summed E-state index contributed by atoms with van der Waals surface area (Å²) in [6.07, 6.45) is 1.71. The number of thioether (sulfide) groups is 1. The van der Waals surface area contributed by atoms with E-state index in [9.17, 15) is 0 Å². The first-order chi connectivity index (χ1) is 3.27. The minimum Gasteiger partial charge on any atom is -0.379 e. The zero-order chi connectivity index (χ0) is 5.70. The molecule has 0 radical (unpaired) electrons. The number of halogens is 1. The average Bonchev–Trinajstić information content (AvgIpc) is 1.61. The summed E-state index contributed by atoms with van der Waals surface area (Å²) >= 11 is 1.27. The molecule has 0 aliphatic heterocycles. The Kier molecular flexibility index (Phi) is 9.22. The van der Waals surface area contributed by atoms with Crippen LogP contribution in [0.25, 0.3) is 0 Å². The molecule has 0 bridgehead atoms. The van der Waals surface area contributed by atoms with Crippen LogP contribution in [0.15, 0.2) is 12.7 Å². The maximum Gasteiger partial charge on any atom is 0.151 e. The summed E-state index contributed by atoms with van der Waals surface area (Å²) in [5.74, 6) is 0.731. The predicted molar refractivity (Wildman–Crippen MR) is 41.8 cm³/mol. The quantitative estimate of drug-likeness (QED) is 0.355. The lowest BCUT2D eigenvalue weighted by atomic mass is 10.8. The van der Waals surface area contributed by atoms with Crippen molar-refractivity contribution in [3.63, 3.8) is 0 Å². The van der Waals surface area contributed by atoms with E-state index in [1.165, 1.54) is 11.8 Å². The molecule has 3 N–H and O–H groups in total. The summed E-state index contributed by atoms with van der Waals surface area (Å²) in [4.78, 5) is 0. The van der Waals surface area contributed by atoms with Crippen molar-refractivity contribution in [2.24, 2.45) is 5.73 Å². The number of hydrogen-bond donors (Lipinski definition) is 2. The van der Waals surface area contributed by atoms with Gasteiger partial charge in [-0.1, -0.05) is 17.8 Å². The van der Waals surface area contributed by atoms with Crippen LogP contribution in [0, 0.1) is 5.41 Å². The third-order valence-electron chi connectivity index (χ3n) is 0.357. The van der Waals surface area contributed by atoms with Crippen molar-refractivity contribution in [1.82, 2.24) is 0 Å². The molecule has 2 nitrogen and oxygen atoms in total. The zero-order valence-corrected chi connectivity index (χ0v) is 6.02. The Labute approximate surface area is 59.4 Å². The van der Waals surface area contributed by atoms with E-state index in [0.717, 1.165) is 5.75 Å². The molecule has 0 heterocycles. The van der Waals surface area contributed by atoms with E-state index < -0.39 is 0 Å². The van der Waals surface area contributed by atoms with Gasteiger partial charge in [-0.2, -0.15) is 0 Å². The van der Waals surface area contributed by atoms with Gasteiger partial charge >= 0.3 is 0 Å². The second kappa shape index (κ2) is 6.85. The van der Waals surface area contributed by atoms with Crippen molar-refractivity contribution in [3.05, 3.63) is 12.7 Å². The summed E-state index contributed by atoms with van der Waals surface area (Å²) in [6, 6.07) is 0. The standard InChI is InChI=1S/C4H8N2S.ClH/c1-2-3-7-4(5)6;/h2H,1,3H2,(H3,5,6);1H. The van der Waals surface area contributed by atoms with Crippen LogP contribution < -0.4 is 5.73 Å². The molecule has 0 aliphatic carbocycles. The van der Waals surface area contributed by atoms with Gasteiger partial charge in [-0.05, 0) is 0 Å². The van der Waals surface area contributed by atoms with Crippen LogP contribution in [0.3, 0.4) is 0 Å². The molecule has 0 aromatic heterocycles. The normalized spacial score (nSPS) is 7.00. The molecule has 0 saturated heterocycles. The minimum absolute atomic E-state index is 0. The number of nitrogens with one attached hydrogen (secondary N) is 1. The monoisotopic (exact) mass is 152 g/mol. The molecule has 0 atom stereocenters. The molecule has 0 unspecified atom stereocenters. The Hall–Kier alpha value is -0.150. The van der Waals surface area contributed by atoms with Gasteiger partial charge in [0.1, 0.15) is 0 Å². The van der Waals surface area contributed by atoms with Crippen LogP contribution in [0.1, 0.15) is 0 Å². The SMILES string of the molecule is C=CCSC(=N)N.Cl. The Bertz CT molecular complexity index is 84.1. The molecule has 0 aromatic rings. The average molecular weight is 153 g/mol. The molecular formula is C4H9ClN2S. The first-order valence-electron chi connectivity index (χ1n) is 1.85. The van der Waals surface area contributed by atoms with Gasteiger partial charge in [0.2, 0.25) is 0 Å². The number of nitrogens with two attached hydrogens (primary N) is 1. The van der Waals surface area contributed by atoms with Gasteiger partial charge in [0.05, 0.1) is 0 Å². The van der Waals surface area contributed by atoms with Crippen molar-refractivity contribution in [1.29, 1.82) is 5.41 Å². The summed E-state index contributed by atoms with van der Waals surface area (Å²) in [5.41, 5.74) is 4.98. The highest BCUT2D eigenvalue weighted by atomic mass is 35.5. The van der Waals surface area contributed by atoms with Gasteiger partial charge < -0.3 is 5.73 Å². The Morgan fingerprint density at radius 3 is 2.50 bits per heavy atom. The maximum absolute atomic E-state index is 6.69. The van der Waals surface area contributed by atoms with Gasteiger partial charge in [-0.3, -0.25) is 5.41 Å². The molecule has 4 heteroatoms. The van der Waals surface area contributed by atoms with E-state index in [1.807, 2.05) is 0 Å². The number of amidine groups is 1. The first kappa shape index (κ1) is 10.8. The van der Waals surface area contributed by atoms with Crippen molar-refractivity contribution >= 4 is 29.3 Å². The lowest BCUT2D eigenvalue weighted by molar-refractivity contribution is 1.50. The van der Waals surface area contributed by atoms with Crippen LogP contribution in [0.4, 0.5) is 0 Å². The molecule has 0 fully saturated rings. The van der Waals surface area contributed by atoms with Gasteiger partial charge in [0.15, 0.2) is 5.17 Å². The highest BCUT2D eigenvalue weighted by Crippen LogP contribution is 1.94. The second-order valence-electron chi connectivity index (χ2n) is 0.964. The maximum atomic E-state index is 6.69. The smallest absolute Gasteiger partial charge is 0.151 e. The van der Waals surface area contributed by atoms with E-state index in [-0.39, 0.29) is 17.6 Å². The van der Waals surface area contributed by atoms with Crippen LogP contribution in [-0.2, 0) is 0 Å². The fourth-order valence-electron chi connectivity index (χ4n) is 0.149. The lowest BCUT2D eigenvalue weighted by Gasteiger charge is -1.87. The predicted octanol–water partition coefficient (Wildman–Crippen LogP) is 1.22. The molecule has 0 rings (SSSR count). The van der Waals surface area contributed by atoms with E-state index in [4.69, 9.17) is 11.1 Å². The molecule has 0 aromatic carbocycles. The summed E-state index contributed by atoms with van der Waals surface area (Å²) in [6.45, 7) is 3.46. The first-order valence-corrected chi connectivity index (χ1v) is 2.83. The van der Waals surface area contributed by atoms with Crippen LogP contribution in [0.5, 0.6) is 0 Å². The van der Waals surface area contributed by atoms with Gasteiger partial charge in [0, 0.05) is 5.75 Å². The van der Waals surface area contributed by atoms with Gasteiger partial charge in [-0.15, -0.1) is 19.0 Å². The van der Waals surface area contributed by atoms with Crippen molar-refractivity contribution in [3.8, 4) is 0 Å². The van der Waals surface area contributed by atoms with Crippen LogP contribution in [-0.4, -0.2) is 10.9 Å². The summed E-state index contributed by atoms with van der Waals surface area (Å²) in [5, 5.41) is 6.84. The Morgan fingerprint density at radius 2 is 2.38 bits per heavy atom. The third-order valence-corrected chi connectivity index (χ3v) is 1.07. The van der Waals surface area contributed by atoms with E-state index in [0.29, 0.717) is 0 Å². The number of rotatable bonds is 2. The van der Waals surface area contributed by atoms with Gasteiger partial charge in [0.25, 0.3) is 0 Å². The topological polar surface area (TPSA) is 49.9 Å². The van der Waals surface area contributed by atoms with Gasteiger partial charge in [-0.25, -0.2) is 0 Å². The molecular weight excluding hydrogens is 144 g/mol. The van der Waals surface area contributed by atoms with E-state index >= 15 is 0 Å². The molecule has 0 aliphatic rings. The van der Waals surface area contributed by atoms with Crippen LogP contribution in [0.2, 0.25) is 0 Å². The molecule has 0 saturated carbocycles. The Morgan fingerprint density at radius 1 is 1.88 bits per heavy atom. The summed E-state index contributed by atoms with van der Waals surface area (Å²) < 4.78 is 0. The fourth-order valence-corrected chi connectivity index (χ4v) is 0.446. The summed E-state index contributed by atoms with van der Waals surface area (Å²) in [7, 11) is 0. The minimum atomic E-state index is 0. The zero-order valence-electron chi connectivity index (χ0n) is 4.39. The highest BCUT2D eigenvalue weighted by Gasteiger charge is 1.81. The number of hydrogen-bond acceptors (Lipinski definition) is 2. The van der Waals surface area contributed by atoms with E-state index in [2.05, 4.69) is 6.58 Å². The highest BCUT2D eigenvalue weighted by molar-refractivity contribution is 8.13.